The second-order valence-corrected chi connectivity index (χ2v) is 9.65. The standard InChI is InChI=1S/C26H30N2O4/c1-25(2,3)32-24(30)28-19(17-31-26(28,4)5)15-21-20-13-9-10-14-22(20)27(23(21)29)16-18-11-7-6-8-12-18/h6-15,19H,16-17H2,1-5H3/b21-15-/t19-/m1/s1. The van der Waals surface area contributed by atoms with E-state index in [0.717, 1.165) is 16.8 Å². The number of carbonyl (C=O) groups excluding carboxylic acids is 2. The molecule has 0 saturated carbocycles. The number of benzene rings is 2. The van der Waals surface area contributed by atoms with Crippen LogP contribution in [0.4, 0.5) is 10.5 Å². The van der Waals surface area contributed by atoms with Gasteiger partial charge in [0.05, 0.1) is 24.9 Å². The van der Waals surface area contributed by atoms with Gasteiger partial charge < -0.3 is 14.4 Å². The summed E-state index contributed by atoms with van der Waals surface area (Å²) in [7, 11) is 0. The number of anilines is 1. The normalized spacial score (nSPS) is 21.2. The quantitative estimate of drug-likeness (QED) is 0.639. The van der Waals surface area contributed by atoms with E-state index in [-0.39, 0.29) is 5.91 Å². The van der Waals surface area contributed by atoms with Crippen LogP contribution in [0.1, 0.15) is 45.7 Å². The highest BCUT2D eigenvalue weighted by atomic mass is 16.6. The van der Waals surface area contributed by atoms with E-state index < -0.39 is 23.5 Å². The van der Waals surface area contributed by atoms with Crippen molar-refractivity contribution in [2.75, 3.05) is 11.5 Å². The van der Waals surface area contributed by atoms with Crippen molar-refractivity contribution in [1.29, 1.82) is 0 Å². The molecule has 0 radical (unpaired) electrons. The van der Waals surface area contributed by atoms with Gasteiger partial charge in [0.2, 0.25) is 0 Å². The SMILES string of the molecule is CC(C)(C)OC(=O)N1[C@H](/C=C2\C(=O)N(Cc3ccccc3)c3ccccc32)COC1(C)C. The van der Waals surface area contributed by atoms with Gasteiger partial charge in [0.15, 0.2) is 0 Å². The summed E-state index contributed by atoms with van der Waals surface area (Å²) < 4.78 is 11.5. The molecule has 6 nitrogen and oxygen atoms in total. The Balaban J connectivity index is 1.68. The van der Waals surface area contributed by atoms with Gasteiger partial charge in [0.1, 0.15) is 11.3 Å². The number of carbonyl (C=O) groups is 2. The van der Waals surface area contributed by atoms with E-state index in [1.54, 1.807) is 9.80 Å². The van der Waals surface area contributed by atoms with Gasteiger partial charge in [-0.05, 0) is 52.3 Å². The second kappa shape index (κ2) is 8.10. The van der Waals surface area contributed by atoms with Gasteiger partial charge in [-0.1, -0.05) is 48.5 Å². The van der Waals surface area contributed by atoms with Crippen molar-refractivity contribution in [2.45, 2.75) is 58.5 Å². The van der Waals surface area contributed by atoms with Crippen LogP contribution in [0.25, 0.3) is 5.57 Å². The van der Waals surface area contributed by atoms with Crippen molar-refractivity contribution in [2.24, 2.45) is 0 Å². The smallest absolute Gasteiger partial charge is 0.413 e. The first kappa shape index (κ1) is 22.1. The Bertz CT molecular complexity index is 1050. The molecule has 1 fully saturated rings. The Morgan fingerprint density at radius 1 is 1.12 bits per heavy atom. The van der Waals surface area contributed by atoms with Crippen molar-refractivity contribution >= 4 is 23.3 Å². The first-order valence-electron chi connectivity index (χ1n) is 10.9. The highest BCUT2D eigenvalue weighted by Gasteiger charge is 2.46. The van der Waals surface area contributed by atoms with Gasteiger partial charge in [0.25, 0.3) is 5.91 Å². The van der Waals surface area contributed by atoms with Crippen LogP contribution >= 0.6 is 0 Å². The van der Waals surface area contributed by atoms with Gasteiger partial charge in [-0.25, -0.2) is 4.79 Å². The van der Waals surface area contributed by atoms with Crippen LogP contribution in [0.3, 0.4) is 0 Å². The third-order valence-electron chi connectivity index (χ3n) is 5.61. The van der Waals surface area contributed by atoms with Gasteiger partial charge in [0, 0.05) is 11.1 Å². The summed E-state index contributed by atoms with van der Waals surface area (Å²) in [6, 6.07) is 17.3. The maximum Gasteiger partial charge on any atom is 0.413 e. The van der Waals surface area contributed by atoms with Crippen molar-refractivity contribution in [3.8, 4) is 0 Å². The van der Waals surface area contributed by atoms with Crippen LogP contribution in [0, 0.1) is 0 Å². The molecule has 0 bridgehead atoms. The minimum absolute atomic E-state index is 0.0797. The fourth-order valence-corrected chi connectivity index (χ4v) is 4.20. The second-order valence-electron chi connectivity index (χ2n) is 9.65. The molecule has 2 aromatic carbocycles. The topological polar surface area (TPSA) is 59.1 Å². The molecule has 0 aliphatic carbocycles. The Labute approximate surface area is 189 Å². The van der Waals surface area contributed by atoms with E-state index in [2.05, 4.69) is 0 Å². The maximum absolute atomic E-state index is 13.5. The fourth-order valence-electron chi connectivity index (χ4n) is 4.20. The molecule has 2 heterocycles. The zero-order valence-electron chi connectivity index (χ0n) is 19.3. The van der Waals surface area contributed by atoms with E-state index in [1.807, 2.05) is 95.3 Å². The summed E-state index contributed by atoms with van der Waals surface area (Å²) in [5.74, 6) is -0.0797. The highest BCUT2D eigenvalue weighted by Crippen LogP contribution is 2.39. The van der Waals surface area contributed by atoms with Crippen LogP contribution < -0.4 is 4.90 Å². The lowest BCUT2D eigenvalue weighted by atomic mass is 10.0. The molecular weight excluding hydrogens is 404 g/mol. The van der Waals surface area contributed by atoms with Gasteiger partial charge in [-0.3, -0.25) is 9.69 Å². The Morgan fingerprint density at radius 3 is 2.47 bits per heavy atom. The average molecular weight is 435 g/mol. The minimum atomic E-state index is -0.838. The molecule has 0 aromatic heterocycles. The van der Waals surface area contributed by atoms with Gasteiger partial charge in [-0.2, -0.15) is 0 Å². The average Bonchev–Trinajstić information content (AvgIpc) is 3.16. The monoisotopic (exact) mass is 434 g/mol. The number of fused-ring (bicyclic) bond motifs is 1. The van der Waals surface area contributed by atoms with Crippen LogP contribution in [-0.4, -0.2) is 40.9 Å². The fraction of sp³-hybridized carbons (Fsp3) is 0.385. The molecule has 32 heavy (non-hydrogen) atoms. The van der Waals surface area contributed by atoms with Crippen LogP contribution in [0.15, 0.2) is 60.7 Å². The molecule has 0 unspecified atom stereocenters. The van der Waals surface area contributed by atoms with Gasteiger partial charge in [-0.15, -0.1) is 0 Å². The van der Waals surface area contributed by atoms with Crippen LogP contribution in [0.5, 0.6) is 0 Å². The third kappa shape index (κ3) is 4.28. The molecule has 1 saturated heterocycles. The zero-order chi connectivity index (χ0) is 23.1. The lowest BCUT2D eigenvalue weighted by molar-refractivity contribution is -0.113. The number of nitrogens with zero attached hydrogens (tertiary/aromatic N) is 2. The van der Waals surface area contributed by atoms with Crippen molar-refractivity contribution in [1.82, 2.24) is 4.90 Å². The number of rotatable bonds is 3. The molecule has 168 valence electrons. The number of amides is 2. The molecule has 4 rings (SSSR count). The Kier molecular flexibility index (Phi) is 5.59. The molecule has 0 N–H and O–H groups in total. The lowest BCUT2D eigenvalue weighted by Gasteiger charge is -2.34. The molecule has 2 amide bonds. The third-order valence-corrected chi connectivity index (χ3v) is 5.61. The zero-order valence-corrected chi connectivity index (χ0v) is 19.3. The molecule has 2 aromatic rings. The summed E-state index contributed by atoms with van der Waals surface area (Å²) in [5.41, 5.74) is 1.90. The molecular formula is C26H30N2O4. The molecule has 2 aliphatic rings. The first-order valence-corrected chi connectivity index (χ1v) is 10.9. The number of para-hydroxylation sites is 1. The maximum atomic E-state index is 13.5. The van der Waals surface area contributed by atoms with Crippen LogP contribution in [0.2, 0.25) is 0 Å². The summed E-state index contributed by atoms with van der Waals surface area (Å²) in [6.07, 6.45) is 1.40. The predicted octanol–water partition coefficient (Wildman–Crippen LogP) is 4.99. The predicted molar refractivity (Wildman–Crippen MR) is 124 cm³/mol. The van der Waals surface area contributed by atoms with Crippen molar-refractivity contribution < 1.29 is 19.1 Å². The van der Waals surface area contributed by atoms with Gasteiger partial charge >= 0.3 is 6.09 Å². The van der Waals surface area contributed by atoms with E-state index >= 15 is 0 Å². The summed E-state index contributed by atoms with van der Waals surface area (Å²) in [5, 5.41) is 0. The van der Waals surface area contributed by atoms with E-state index in [0.29, 0.717) is 18.7 Å². The summed E-state index contributed by atoms with van der Waals surface area (Å²) in [4.78, 5) is 29.9. The van der Waals surface area contributed by atoms with Crippen molar-refractivity contribution in [3.05, 3.63) is 71.8 Å². The van der Waals surface area contributed by atoms with Crippen molar-refractivity contribution in [3.63, 3.8) is 0 Å². The van der Waals surface area contributed by atoms with Crippen LogP contribution in [-0.2, 0) is 20.8 Å². The lowest BCUT2D eigenvalue weighted by Crippen LogP contribution is -2.49. The first-order chi connectivity index (χ1) is 15.1. The number of hydrogen-bond donors (Lipinski definition) is 0. The molecule has 6 heteroatoms. The minimum Gasteiger partial charge on any atom is -0.444 e. The number of ether oxygens (including phenoxy) is 2. The largest absolute Gasteiger partial charge is 0.444 e. The summed E-state index contributed by atoms with van der Waals surface area (Å²) >= 11 is 0. The van der Waals surface area contributed by atoms with E-state index in [4.69, 9.17) is 9.47 Å². The number of hydrogen-bond acceptors (Lipinski definition) is 4. The Morgan fingerprint density at radius 2 is 1.78 bits per heavy atom. The molecule has 2 aliphatic heterocycles. The molecule has 1 atom stereocenters. The van der Waals surface area contributed by atoms with E-state index in [9.17, 15) is 9.59 Å². The Hall–Kier alpha value is -3.12. The van der Waals surface area contributed by atoms with E-state index in [1.165, 1.54) is 0 Å². The molecule has 0 spiro atoms. The summed E-state index contributed by atoms with van der Waals surface area (Å²) in [6.45, 7) is 9.95. The highest BCUT2D eigenvalue weighted by molar-refractivity contribution is 6.32.